The summed E-state index contributed by atoms with van der Waals surface area (Å²) >= 11 is 0. The number of sulfonamides is 1. The number of carbonyl (C=O) groups excluding carboxylic acids is 1. The molecule has 1 saturated heterocycles. The van der Waals surface area contributed by atoms with Crippen molar-refractivity contribution in [2.75, 3.05) is 25.9 Å². The lowest BCUT2D eigenvalue weighted by molar-refractivity contribution is -0.126. The highest BCUT2D eigenvalue weighted by Crippen LogP contribution is 2.19. The highest BCUT2D eigenvalue weighted by atomic mass is 32.2. The maximum absolute atomic E-state index is 12.3. The van der Waals surface area contributed by atoms with Gasteiger partial charge in [-0.25, -0.2) is 12.7 Å². The largest absolute Gasteiger partial charge is 0.356 e. The first-order chi connectivity index (χ1) is 11.4. The van der Waals surface area contributed by atoms with E-state index in [2.05, 4.69) is 24.4 Å². The lowest BCUT2D eigenvalue weighted by Crippen LogP contribution is -2.43. The molecule has 0 aromatic heterocycles. The average Bonchev–Trinajstić information content (AvgIpc) is 2.58. The van der Waals surface area contributed by atoms with Gasteiger partial charge in [-0.05, 0) is 30.7 Å². The van der Waals surface area contributed by atoms with Crippen molar-refractivity contribution in [2.45, 2.75) is 32.6 Å². The zero-order valence-corrected chi connectivity index (χ0v) is 15.4. The van der Waals surface area contributed by atoms with Gasteiger partial charge in [0.25, 0.3) is 0 Å². The molecule has 1 aromatic rings. The van der Waals surface area contributed by atoms with Crippen molar-refractivity contribution in [3.63, 3.8) is 0 Å². The second-order valence-corrected chi connectivity index (χ2v) is 8.63. The number of piperidine rings is 1. The molecule has 24 heavy (non-hydrogen) atoms. The van der Waals surface area contributed by atoms with Crippen LogP contribution in [0.1, 0.15) is 31.7 Å². The monoisotopic (exact) mass is 352 g/mol. The predicted molar refractivity (Wildman–Crippen MR) is 96.1 cm³/mol. The molecule has 0 aliphatic carbocycles. The molecular weight excluding hydrogens is 324 g/mol. The second kappa shape index (κ2) is 8.62. The summed E-state index contributed by atoms with van der Waals surface area (Å²) in [6.07, 6.45) is 4.41. The number of rotatable bonds is 7. The number of nitrogens with zero attached hydrogens (tertiary/aromatic N) is 1. The zero-order chi connectivity index (χ0) is 17.6. The Morgan fingerprint density at radius 3 is 2.42 bits per heavy atom. The van der Waals surface area contributed by atoms with Crippen LogP contribution in [0.5, 0.6) is 0 Å². The van der Waals surface area contributed by atoms with E-state index in [4.69, 9.17) is 0 Å². The van der Waals surface area contributed by atoms with Gasteiger partial charge in [0.05, 0.1) is 6.26 Å². The molecule has 6 heteroatoms. The van der Waals surface area contributed by atoms with E-state index in [0.29, 0.717) is 38.4 Å². The third kappa shape index (κ3) is 5.60. The molecule has 5 nitrogen and oxygen atoms in total. The molecule has 0 bridgehead atoms. The van der Waals surface area contributed by atoms with Gasteiger partial charge in [0.15, 0.2) is 0 Å². The molecule has 134 valence electrons. The van der Waals surface area contributed by atoms with Crippen molar-refractivity contribution in [3.8, 4) is 0 Å². The Hall–Kier alpha value is -1.40. The topological polar surface area (TPSA) is 66.5 Å². The number of amides is 1. The van der Waals surface area contributed by atoms with Crippen molar-refractivity contribution in [3.05, 3.63) is 35.9 Å². The number of nitrogens with one attached hydrogen (secondary N) is 1. The van der Waals surface area contributed by atoms with Gasteiger partial charge in [-0.3, -0.25) is 4.79 Å². The Labute approximate surface area is 145 Å². The maximum atomic E-state index is 12.3. The molecule has 1 aromatic carbocycles. The van der Waals surface area contributed by atoms with Gasteiger partial charge in [0, 0.05) is 25.6 Å². The van der Waals surface area contributed by atoms with E-state index in [9.17, 15) is 13.2 Å². The first kappa shape index (κ1) is 18.9. The van der Waals surface area contributed by atoms with Crippen LogP contribution in [0.3, 0.4) is 0 Å². The molecule has 0 saturated carbocycles. The molecule has 1 aliphatic rings. The molecule has 1 amide bonds. The first-order valence-electron chi connectivity index (χ1n) is 8.67. The van der Waals surface area contributed by atoms with Gasteiger partial charge in [-0.15, -0.1) is 0 Å². The van der Waals surface area contributed by atoms with Gasteiger partial charge in [0.2, 0.25) is 15.9 Å². The second-order valence-electron chi connectivity index (χ2n) is 6.65. The van der Waals surface area contributed by atoms with Gasteiger partial charge in [0.1, 0.15) is 0 Å². The SMILES string of the molecule is CC[C@@H](CNC(=O)C1CCN(S(C)(=O)=O)CC1)Cc1ccccc1. The zero-order valence-electron chi connectivity index (χ0n) is 14.6. The van der Waals surface area contributed by atoms with Crippen molar-refractivity contribution in [2.24, 2.45) is 11.8 Å². The third-order valence-electron chi connectivity index (χ3n) is 4.80. The normalized spacial score (nSPS) is 18.2. The summed E-state index contributed by atoms with van der Waals surface area (Å²) in [5, 5.41) is 3.07. The number of hydrogen-bond donors (Lipinski definition) is 1. The Kier molecular flexibility index (Phi) is 6.80. The summed E-state index contributed by atoms with van der Waals surface area (Å²) in [4.78, 5) is 12.3. The fourth-order valence-electron chi connectivity index (χ4n) is 3.15. The number of hydrogen-bond acceptors (Lipinski definition) is 3. The molecule has 1 atom stereocenters. The minimum absolute atomic E-state index is 0.0645. The number of benzene rings is 1. The van der Waals surface area contributed by atoms with E-state index in [1.807, 2.05) is 18.2 Å². The van der Waals surface area contributed by atoms with Crippen LogP contribution in [0.15, 0.2) is 30.3 Å². The highest BCUT2D eigenvalue weighted by molar-refractivity contribution is 7.88. The Balaban J connectivity index is 1.78. The van der Waals surface area contributed by atoms with Crippen LogP contribution < -0.4 is 5.32 Å². The van der Waals surface area contributed by atoms with Crippen molar-refractivity contribution >= 4 is 15.9 Å². The van der Waals surface area contributed by atoms with Crippen molar-refractivity contribution < 1.29 is 13.2 Å². The molecule has 0 radical (unpaired) electrons. The molecule has 1 heterocycles. The van der Waals surface area contributed by atoms with Gasteiger partial charge in [-0.1, -0.05) is 43.7 Å². The van der Waals surface area contributed by atoms with Crippen LogP contribution in [0.4, 0.5) is 0 Å². The van der Waals surface area contributed by atoms with Crippen LogP contribution >= 0.6 is 0 Å². The maximum Gasteiger partial charge on any atom is 0.223 e. The quantitative estimate of drug-likeness (QED) is 0.817. The lowest BCUT2D eigenvalue weighted by atomic mass is 9.95. The van der Waals surface area contributed by atoms with Gasteiger partial charge >= 0.3 is 0 Å². The summed E-state index contributed by atoms with van der Waals surface area (Å²) in [7, 11) is -3.14. The fourth-order valence-corrected chi connectivity index (χ4v) is 4.02. The minimum Gasteiger partial charge on any atom is -0.356 e. The molecule has 1 N–H and O–H groups in total. The van der Waals surface area contributed by atoms with Crippen molar-refractivity contribution in [1.29, 1.82) is 0 Å². The summed E-state index contributed by atoms with van der Waals surface area (Å²) in [6.45, 7) is 3.71. The highest BCUT2D eigenvalue weighted by Gasteiger charge is 2.28. The summed E-state index contributed by atoms with van der Waals surface area (Å²) < 4.78 is 24.5. The summed E-state index contributed by atoms with van der Waals surface area (Å²) in [5.41, 5.74) is 1.29. The van der Waals surface area contributed by atoms with E-state index < -0.39 is 10.0 Å². The van der Waals surface area contributed by atoms with Crippen LogP contribution in [0.2, 0.25) is 0 Å². The van der Waals surface area contributed by atoms with Gasteiger partial charge < -0.3 is 5.32 Å². The molecular formula is C18H28N2O3S. The Morgan fingerprint density at radius 1 is 1.25 bits per heavy atom. The minimum atomic E-state index is -3.14. The fraction of sp³-hybridized carbons (Fsp3) is 0.611. The molecule has 1 fully saturated rings. The van der Waals surface area contributed by atoms with E-state index in [0.717, 1.165) is 12.8 Å². The average molecular weight is 353 g/mol. The smallest absolute Gasteiger partial charge is 0.223 e. The lowest BCUT2D eigenvalue weighted by Gasteiger charge is -2.29. The van der Waals surface area contributed by atoms with Crippen LogP contribution in [-0.4, -0.2) is 44.5 Å². The van der Waals surface area contributed by atoms with E-state index in [1.165, 1.54) is 16.1 Å². The first-order valence-corrected chi connectivity index (χ1v) is 10.5. The van der Waals surface area contributed by atoms with E-state index in [-0.39, 0.29) is 11.8 Å². The Morgan fingerprint density at radius 2 is 1.88 bits per heavy atom. The summed E-state index contributed by atoms with van der Waals surface area (Å²) in [6, 6.07) is 10.3. The van der Waals surface area contributed by atoms with Crippen LogP contribution in [0, 0.1) is 11.8 Å². The predicted octanol–water partition coefficient (Wildman–Crippen LogP) is 2.04. The van der Waals surface area contributed by atoms with E-state index in [1.54, 1.807) is 0 Å². The van der Waals surface area contributed by atoms with E-state index >= 15 is 0 Å². The molecule has 1 aliphatic heterocycles. The van der Waals surface area contributed by atoms with Crippen LogP contribution in [-0.2, 0) is 21.2 Å². The molecule has 0 unspecified atom stereocenters. The van der Waals surface area contributed by atoms with Gasteiger partial charge in [-0.2, -0.15) is 0 Å². The van der Waals surface area contributed by atoms with Crippen LogP contribution in [0.25, 0.3) is 0 Å². The van der Waals surface area contributed by atoms with Crippen molar-refractivity contribution in [1.82, 2.24) is 9.62 Å². The standard InChI is InChI=1S/C18H28N2O3S/c1-3-15(13-16-7-5-4-6-8-16)14-19-18(21)17-9-11-20(12-10-17)24(2,22)23/h4-8,15,17H,3,9-14H2,1-2H3,(H,19,21)/t15-/m1/s1. The summed E-state index contributed by atoms with van der Waals surface area (Å²) in [5.74, 6) is 0.416. The Bertz CT molecular complexity index is 623. The molecule has 0 spiro atoms. The number of carbonyl (C=O) groups is 1. The third-order valence-corrected chi connectivity index (χ3v) is 6.11. The molecule has 2 rings (SSSR count).